The zero-order valence-corrected chi connectivity index (χ0v) is 13.3. The maximum atomic E-state index is 4.90. The minimum Gasteiger partial charge on any atom is -0.308 e. The van der Waals surface area contributed by atoms with E-state index >= 15 is 0 Å². The van der Waals surface area contributed by atoms with Crippen LogP contribution >= 0.6 is 11.3 Å². The Morgan fingerprint density at radius 3 is 2.39 bits per heavy atom. The molecule has 0 spiro atoms. The Bertz CT molecular complexity index is 408. The van der Waals surface area contributed by atoms with Gasteiger partial charge in [0.05, 0.1) is 11.2 Å². The summed E-state index contributed by atoms with van der Waals surface area (Å²) < 4.78 is 0. The van der Waals surface area contributed by atoms with Crippen LogP contribution in [0.3, 0.4) is 0 Å². The van der Waals surface area contributed by atoms with Gasteiger partial charge in [-0.15, -0.1) is 11.3 Å². The lowest BCUT2D eigenvalue weighted by Gasteiger charge is -2.48. The van der Waals surface area contributed by atoms with Gasteiger partial charge in [-0.3, -0.25) is 0 Å². The van der Waals surface area contributed by atoms with Crippen molar-refractivity contribution in [1.82, 2.24) is 10.3 Å². The lowest BCUT2D eigenvalue weighted by atomic mass is 9.64. The van der Waals surface area contributed by atoms with E-state index in [2.05, 4.69) is 52.4 Å². The van der Waals surface area contributed by atoms with Crippen molar-refractivity contribution in [3.8, 4) is 0 Å². The molecular weight excluding hydrogens is 240 g/mol. The van der Waals surface area contributed by atoms with Crippen LogP contribution < -0.4 is 5.32 Å². The molecule has 1 fully saturated rings. The number of thiazole rings is 1. The third-order valence-corrected chi connectivity index (χ3v) is 5.37. The van der Waals surface area contributed by atoms with Crippen LogP contribution in [-0.2, 0) is 11.0 Å². The Balaban J connectivity index is 2.18. The molecule has 1 saturated carbocycles. The molecule has 0 aromatic carbocycles. The molecular formula is C15H26N2S. The van der Waals surface area contributed by atoms with E-state index in [-0.39, 0.29) is 11.0 Å². The van der Waals surface area contributed by atoms with Gasteiger partial charge in [0, 0.05) is 10.8 Å². The first-order chi connectivity index (χ1) is 8.28. The lowest BCUT2D eigenvalue weighted by Crippen LogP contribution is -2.52. The Morgan fingerprint density at radius 2 is 2.00 bits per heavy atom. The Kier molecular flexibility index (Phi) is 3.58. The summed E-state index contributed by atoms with van der Waals surface area (Å²) in [4.78, 5) is 4.90. The summed E-state index contributed by atoms with van der Waals surface area (Å²) in [6.07, 6.45) is 2.47. The first-order valence-corrected chi connectivity index (χ1v) is 7.82. The van der Waals surface area contributed by atoms with Crippen molar-refractivity contribution >= 4 is 11.3 Å². The van der Waals surface area contributed by atoms with Crippen LogP contribution in [-0.4, -0.2) is 12.0 Å². The normalized spacial score (nSPS) is 28.5. The number of rotatable bonds is 3. The maximum absolute atomic E-state index is 4.90. The number of nitrogens with zero attached hydrogens (tertiary/aromatic N) is 1. The van der Waals surface area contributed by atoms with Crippen LogP contribution in [0.25, 0.3) is 0 Å². The molecule has 1 aromatic heterocycles. The standard InChI is InChI=1S/C15H26N2S/c1-10(2)11-7-15(8-11,16-6)13-17-12(9-18-13)14(3,4)5/h9-11,16H,7-8H2,1-6H3. The Labute approximate surface area is 115 Å². The highest BCUT2D eigenvalue weighted by Gasteiger charge is 2.47. The molecule has 2 nitrogen and oxygen atoms in total. The molecule has 0 bridgehead atoms. The third kappa shape index (κ3) is 2.35. The molecule has 1 aromatic rings. The van der Waals surface area contributed by atoms with Gasteiger partial charge in [-0.05, 0) is 31.7 Å². The van der Waals surface area contributed by atoms with Gasteiger partial charge in [0.2, 0.25) is 0 Å². The van der Waals surface area contributed by atoms with Crippen molar-refractivity contribution in [3.63, 3.8) is 0 Å². The van der Waals surface area contributed by atoms with Crippen LogP contribution in [0.4, 0.5) is 0 Å². The van der Waals surface area contributed by atoms with Gasteiger partial charge >= 0.3 is 0 Å². The Hall–Kier alpha value is -0.410. The van der Waals surface area contributed by atoms with E-state index in [4.69, 9.17) is 4.98 Å². The number of aromatic nitrogens is 1. The second kappa shape index (κ2) is 4.61. The van der Waals surface area contributed by atoms with Crippen molar-refractivity contribution in [1.29, 1.82) is 0 Å². The fourth-order valence-corrected chi connectivity index (χ4v) is 3.91. The van der Waals surface area contributed by atoms with Crippen molar-refractivity contribution in [2.45, 2.75) is 58.4 Å². The van der Waals surface area contributed by atoms with Crippen LogP contribution in [0.1, 0.15) is 58.2 Å². The molecule has 1 N–H and O–H groups in total. The summed E-state index contributed by atoms with van der Waals surface area (Å²) in [7, 11) is 2.08. The average Bonchev–Trinajstić information content (AvgIpc) is 2.65. The van der Waals surface area contributed by atoms with Crippen molar-refractivity contribution in [3.05, 3.63) is 16.1 Å². The van der Waals surface area contributed by atoms with Gasteiger partial charge < -0.3 is 5.32 Å². The highest BCUT2D eigenvalue weighted by Crippen LogP contribution is 2.49. The monoisotopic (exact) mass is 266 g/mol. The van der Waals surface area contributed by atoms with E-state index in [0.29, 0.717) is 0 Å². The molecule has 0 radical (unpaired) electrons. The molecule has 0 saturated heterocycles. The van der Waals surface area contributed by atoms with Crippen LogP contribution in [0.5, 0.6) is 0 Å². The molecule has 18 heavy (non-hydrogen) atoms. The lowest BCUT2D eigenvalue weighted by molar-refractivity contribution is 0.0747. The van der Waals surface area contributed by atoms with E-state index in [9.17, 15) is 0 Å². The van der Waals surface area contributed by atoms with Crippen LogP contribution in [0.2, 0.25) is 0 Å². The predicted octanol–water partition coefficient (Wildman–Crippen LogP) is 3.92. The van der Waals surface area contributed by atoms with E-state index in [1.54, 1.807) is 0 Å². The molecule has 1 aliphatic carbocycles. The van der Waals surface area contributed by atoms with E-state index in [0.717, 1.165) is 11.8 Å². The molecule has 0 amide bonds. The number of hydrogen-bond acceptors (Lipinski definition) is 3. The maximum Gasteiger partial charge on any atom is 0.113 e. The summed E-state index contributed by atoms with van der Waals surface area (Å²) >= 11 is 1.82. The summed E-state index contributed by atoms with van der Waals surface area (Å²) in [5.74, 6) is 1.63. The molecule has 102 valence electrons. The topological polar surface area (TPSA) is 24.9 Å². The molecule has 0 aliphatic heterocycles. The molecule has 3 heteroatoms. The predicted molar refractivity (Wildman–Crippen MR) is 79.1 cm³/mol. The average molecular weight is 266 g/mol. The summed E-state index contributed by atoms with van der Waals surface area (Å²) in [5.41, 5.74) is 1.54. The SMILES string of the molecule is CNC1(c2nc(C(C)(C)C)cs2)CC(C(C)C)C1. The van der Waals surface area contributed by atoms with Gasteiger partial charge in [-0.2, -0.15) is 0 Å². The summed E-state index contributed by atoms with van der Waals surface area (Å²) in [5, 5.41) is 7.05. The van der Waals surface area contributed by atoms with Gasteiger partial charge in [-0.25, -0.2) is 4.98 Å². The largest absolute Gasteiger partial charge is 0.308 e. The second-order valence-electron chi connectivity index (χ2n) is 7.03. The smallest absolute Gasteiger partial charge is 0.113 e. The highest BCUT2D eigenvalue weighted by atomic mass is 32.1. The minimum atomic E-state index is 0.156. The van der Waals surface area contributed by atoms with E-state index in [1.807, 2.05) is 11.3 Å². The number of hydrogen-bond donors (Lipinski definition) is 1. The van der Waals surface area contributed by atoms with Crippen molar-refractivity contribution in [2.75, 3.05) is 7.05 Å². The van der Waals surface area contributed by atoms with E-state index in [1.165, 1.54) is 23.5 Å². The van der Waals surface area contributed by atoms with Crippen molar-refractivity contribution < 1.29 is 0 Å². The summed E-state index contributed by atoms with van der Waals surface area (Å²) in [6.45, 7) is 11.3. The molecule has 2 rings (SSSR count). The van der Waals surface area contributed by atoms with Crippen molar-refractivity contribution in [2.24, 2.45) is 11.8 Å². The first kappa shape index (κ1) is 14.0. The first-order valence-electron chi connectivity index (χ1n) is 6.94. The van der Waals surface area contributed by atoms with Gasteiger partial charge in [0.25, 0.3) is 0 Å². The van der Waals surface area contributed by atoms with E-state index < -0.39 is 0 Å². The molecule has 1 aliphatic rings. The molecule has 1 heterocycles. The fraction of sp³-hybridized carbons (Fsp3) is 0.800. The number of nitrogens with one attached hydrogen (secondary N) is 1. The van der Waals surface area contributed by atoms with Crippen LogP contribution in [0.15, 0.2) is 5.38 Å². The van der Waals surface area contributed by atoms with Crippen LogP contribution in [0, 0.1) is 11.8 Å². The van der Waals surface area contributed by atoms with Gasteiger partial charge in [0.15, 0.2) is 0 Å². The molecule has 0 atom stereocenters. The fourth-order valence-electron chi connectivity index (χ4n) is 2.63. The quantitative estimate of drug-likeness (QED) is 0.897. The minimum absolute atomic E-state index is 0.156. The van der Waals surface area contributed by atoms with Gasteiger partial charge in [0.1, 0.15) is 5.01 Å². The third-order valence-electron chi connectivity index (χ3n) is 4.32. The highest BCUT2D eigenvalue weighted by molar-refractivity contribution is 7.09. The molecule has 0 unspecified atom stereocenters. The zero-order chi connectivity index (χ0) is 13.6. The second-order valence-corrected chi connectivity index (χ2v) is 7.89. The summed E-state index contributed by atoms with van der Waals surface area (Å²) in [6, 6.07) is 0. The van der Waals surface area contributed by atoms with Gasteiger partial charge in [-0.1, -0.05) is 34.6 Å². The zero-order valence-electron chi connectivity index (χ0n) is 12.5. The Morgan fingerprint density at radius 1 is 1.39 bits per heavy atom.